The van der Waals surface area contributed by atoms with Gasteiger partial charge >= 0.3 is 6.18 Å². The van der Waals surface area contributed by atoms with Gasteiger partial charge in [-0.3, -0.25) is 0 Å². The molecule has 3 nitrogen and oxygen atoms in total. The molecule has 6 heteroatoms. The van der Waals surface area contributed by atoms with Crippen molar-refractivity contribution in [2.45, 2.75) is 19.1 Å². The Balaban J connectivity index is 2.26. The van der Waals surface area contributed by atoms with E-state index in [1.54, 1.807) is 13.2 Å². The molecule has 0 unspecified atom stereocenters. The molecule has 20 heavy (non-hydrogen) atoms. The molecule has 0 bridgehead atoms. The van der Waals surface area contributed by atoms with Crippen molar-refractivity contribution in [2.24, 2.45) is 0 Å². The second-order valence-corrected chi connectivity index (χ2v) is 4.43. The Morgan fingerprint density at radius 2 is 1.75 bits per heavy atom. The Morgan fingerprint density at radius 3 is 2.45 bits per heavy atom. The van der Waals surface area contributed by atoms with Crippen molar-refractivity contribution in [2.75, 3.05) is 33.4 Å². The summed E-state index contributed by atoms with van der Waals surface area (Å²) in [6.07, 6.45) is -3.43. The summed E-state index contributed by atoms with van der Waals surface area (Å²) in [5.41, 5.74) is -0.280. The highest BCUT2D eigenvalue weighted by Crippen LogP contribution is 2.31. The maximum atomic E-state index is 12.7. The van der Waals surface area contributed by atoms with Crippen molar-refractivity contribution in [3.63, 3.8) is 0 Å². The fourth-order valence-corrected chi connectivity index (χ4v) is 1.81. The van der Waals surface area contributed by atoms with Gasteiger partial charge in [-0.15, -0.1) is 0 Å². The van der Waals surface area contributed by atoms with Crippen LogP contribution in [0.5, 0.6) is 0 Å². The first-order chi connectivity index (χ1) is 9.55. The van der Waals surface area contributed by atoms with Crippen LogP contribution in [0.15, 0.2) is 24.3 Å². The van der Waals surface area contributed by atoms with Gasteiger partial charge in [0.05, 0.1) is 12.2 Å². The molecule has 0 amide bonds. The summed E-state index contributed by atoms with van der Waals surface area (Å²) < 4.78 is 43.1. The Labute approximate surface area is 117 Å². The van der Waals surface area contributed by atoms with E-state index >= 15 is 0 Å². The van der Waals surface area contributed by atoms with Gasteiger partial charge in [0.25, 0.3) is 0 Å². The number of nitrogens with one attached hydrogen (secondary N) is 2. The lowest BCUT2D eigenvalue weighted by atomic mass is 10.1. The van der Waals surface area contributed by atoms with E-state index in [-0.39, 0.29) is 12.1 Å². The van der Waals surface area contributed by atoms with Gasteiger partial charge < -0.3 is 15.4 Å². The summed E-state index contributed by atoms with van der Waals surface area (Å²) in [4.78, 5) is 0. The number of hydrogen-bond donors (Lipinski definition) is 2. The molecular weight excluding hydrogens is 269 g/mol. The number of alkyl halides is 3. The summed E-state index contributed by atoms with van der Waals surface area (Å²) in [7, 11) is 1.64. The third-order valence-corrected chi connectivity index (χ3v) is 2.83. The molecule has 0 radical (unpaired) electrons. The lowest BCUT2D eigenvalue weighted by Gasteiger charge is -2.13. The molecule has 2 N–H and O–H groups in total. The van der Waals surface area contributed by atoms with Crippen LogP contribution in [0.25, 0.3) is 0 Å². The predicted molar refractivity (Wildman–Crippen MR) is 72.5 cm³/mol. The Morgan fingerprint density at radius 1 is 1.05 bits per heavy atom. The second-order valence-electron chi connectivity index (χ2n) is 4.43. The minimum absolute atomic E-state index is 0.230. The number of methoxy groups -OCH3 is 1. The molecule has 1 rings (SSSR count). The summed E-state index contributed by atoms with van der Waals surface area (Å²) in [5.74, 6) is 0. The fourth-order valence-electron chi connectivity index (χ4n) is 1.81. The molecule has 1 aromatic rings. The summed E-state index contributed by atoms with van der Waals surface area (Å²) in [6, 6.07) is 5.65. The van der Waals surface area contributed by atoms with Crippen LogP contribution < -0.4 is 10.6 Å². The number of rotatable bonds is 9. The smallest absolute Gasteiger partial charge is 0.383 e. The molecule has 0 fully saturated rings. The van der Waals surface area contributed by atoms with Gasteiger partial charge in [-0.05, 0) is 31.1 Å². The quantitative estimate of drug-likeness (QED) is 0.685. The standard InChI is InChI=1S/C14H21F3N2O/c1-20-10-9-18-7-4-8-19-11-12-5-2-3-6-13(12)14(15,16)17/h2-3,5-6,18-19H,4,7-11H2,1H3. The topological polar surface area (TPSA) is 33.3 Å². The molecule has 0 spiro atoms. The van der Waals surface area contributed by atoms with E-state index in [1.165, 1.54) is 12.1 Å². The van der Waals surface area contributed by atoms with Gasteiger partial charge in [-0.1, -0.05) is 18.2 Å². The predicted octanol–water partition coefficient (Wildman–Crippen LogP) is 2.42. The Kier molecular flexibility index (Phi) is 7.58. The monoisotopic (exact) mass is 290 g/mol. The van der Waals surface area contributed by atoms with E-state index in [2.05, 4.69) is 10.6 Å². The Hall–Kier alpha value is -1.11. The van der Waals surface area contributed by atoms with Crippen molar-refractivity contribution >= 4 is 0 Å². The zero-order chi connectivity index (χ0) is 14.8. The molecule has 0 aromatic heterocycles. The third-order valence-electron chi connectivity index (χ3n) is 2.83. The van der Waals surface area contributed by atoms with Crippen LogP contribution in [0.2, 0.25) is 0 Å². The number of hydrogen-bond acceptors (Lipinski definition) is 3. The summed E-state index contributed by atoms with van der Waals surface area (Å²) >= 11 is 0. The average molecular weight is 290 g/mol. The molecule has 0 atom stereocenters. The first-order valence-electron chi connectivity index (χ1n) is 6.61. The highest BCUT2D eigenvalue weighted by molar-refractivity contribution is 5.29. The molecule has 0 aliphatic heterocycles. The van der Waals surface area contributed by atoms with E-state index in [0.717, 1.165) is 25.6 Å². The third kappa shape index (κ3) is 6.36. The minimum atomic E-state index is -4.29. The van der Waals surface area contributed by atoms with Gasteiger partial charge in [0.15, 0.2) is 0 Å². The second kappa shape index (κ2) is 8.94. The number of ether oxygens (including phenoxy) is 1. The molecule has 114 valence electrons. The SMILES string of the molecule is COCCNCCCNCc1ccccc1C(F)(F)F. The van der Waals surface area contributed by atoms with Gasteiger partial charge in [0.2, 0.25) is 0 Å². The number of halogens is 3. The fraction of sp³-hybridized carbons (Fsp3) is 0.571. The van der Waals surface area contributed by atoms with Crippen LogP contribution >= 0.6 is 0 Å². The highest BCUT2D eigenvalue weighted by atomic mass is 19.4. The Bertz CT molecular complexity index is 383. The zero-order valence-corrected chi connectivity index (χ0v) is 11.6. The van der Waals surface area contributed by atoms with Gasteiger partial charge in [0.1, 0.15) is 0 Å². The first kappa shape index (κ1) is 16.9. The van der Waals surface area contributed by atoms with E-state index in [0.29, 0.717) is 13.2 Å². The van der Waals surface area contributed by atoms with Crippen molar-refractivity contribution in [3.05, 3.63) is 35.4 Å². The summed E-state index contributed by atoms with van der Waals surface area (Å²) in [5, 5.41) is 6.21. The normalized spacial score (nSPS) is 11.8. The van der Waals surface area contributed by atoms with Gasteiger partial charge in [0, 0.05) is 20.2 Å². The van der Waals surface area contributed by atoms with Gasteiger partial charge in [-0.25, -0.2) is 0 Å². The molecule has 0 saturated carbocycles. The summed E-state index contributed by atoms with van der Waals surface area (Å²) in [6.45, 7) is 3.16. The highest BCUT2D eigenvalue weighted by Gasteiger charge is 2.32. The zero-order valence-electron chi connectivity index (χ0n) is 11.6. The maximum Gasteiger partial charge on any atom is 0.416 e. The molecule has 1 aromatic carbocycles. The van der Waals surface area contributed by atoms with Crippen molar-refractivity contribution < 1.29 is 17.9 Å². The van der Waals surface area contributed by atoms with E-state index < -0.39 is 11.7 Å². The van der Waals surface area contributed by atoms with Crippen LogP contribution in [-0.4, -0.2) is 33.4 Å². The van der Waals surface area contributed by atoms with E-state index in [9.17, 15) is 13.2 Å². The minimum Gasteiger partial charge on any atom is -0.383 e. The molecule has 0 aliphatic rings. The molecule has 0 saturated heterocycles. The molecular formula is C14H21F3N2O. The van der Waals surface area contributed by atoms with Crippen LogP contribution in [0.3, 0.4) is 0 Å². The molecule has 0 aliphatic carbocycles. The van der Waals surface area contributed by atoms with Crippen LogP contribution in [0.1, 0.15) is 17.5 Å². The van der Waals surface area contributed by atoms with Crippen LogP contribution in [0, 0.1) is 0 Å². The first-order valence-corrected chi connectivity index (χ1v) is 6.61. The van der Waals surface area contributed by atoms with Crippen molar-refractivity contribution in [3.8, 4) is 0 Å². The van der Waals surface area contributed by atoms with Crippen LogP contribution in [0.4, 0.5) is 13.2 Å². The van der Waals surface area contributed by atoms with E-state index in [1.807, 2.05) is 0 Å². The number of benzene rings is 1. The van der Waals surface area contributed by atoms with Crippen LogP contribution in [-0.2, 0) is 17.5 Å². The average Bonchev–Trinajstić information content (AvgIpc) is 2.41. The lowest BCUT2D eigenvalue weighted by molar-refractivity contribution is -0.138. The van der Waals surface area contributed by atoms with Gasteiger partial charge in [-0.2, -0.15) is 13.2 Å². The largest absolute Gasteiger partial charge is 0.416 e. The lowest BCUT2D eigenvalue weighted by Crippen LogP contribution is -2.25. The van der Waals surface area contributed by atoms with Crippen molar-refractivity contribution in [1.29, 1.82) is 0 Å². The molecule has 0 heterocycles. The maximum absolute atomic E-state index is 12.7. The van der Waals surface area contributed by atoms with Crippen molar-refractivity contribution in [1.82, 2.24) is 10.6 Å². The van der Waals surface area contributed by atoms with E-state index in [4.69, 9.17) is 4.74 Å².